The molecule has 3 N–H and O–H groups in total. The molecule has 1 heterocycles. The van der Waals surface area contributed by atoms with E-state index in [1.165, 1.54) is 0 Å². The standard InChI is InChI=1S/C13H19N3O2/c1-16(8-10-6-7-18-9-10)12-4-2-11(3-5-12)13(14)15-17/h2-5,10,17H,6-9H2,1H3,(H2,14,15). The Morgan fingerprint density at radius 3 is 2.78 bits per heavy atom. The molecule has 5 heteroatoms. The van der Waals surface area contributed by atoms with Gasteiger partial charge in [-0.3, -0.25) is 0 Å². The molecule has 1 aliphatic heterocycles. The molecule has 18 heavy (non-hydrogen) atoms. The molecule has 1 saturated heterocycles. The Morgan fingerprint density at radius 1 is 1.50 bits per heavy atom. The molecule has 0 aliphatic carbocycles. The number of oxime groups is 1. The second-order valence-electron chi connectivity index (χ2n) is 4.64. The molecule has 1 aromatic rings. The van der Waals surface area contributed by atoms with Gasteiger partial charge >= 0.3 is 0 Å². The van der Waals surface area contributed by atoms with Crippen LogP contribution in [0.4, 0.5) is 5.69 Å². The molecular formula is C13H19N3O2. The van der Waals surface area contributed by atoms with Crippen molar-refractivity contribution in [2.24, 2.45) is 16.8 Å². The van der Waals surface area contributed by atoms with Crippen molar-refractivity contribution in [1.82, 2.24) is 0 Å². The van der Waals surface area contributed by atoms with Crippen molar-refractivity contribution in [3.8, 4) is 0 Å². The second kappa shape index (κ2) is 5.73. The summed E-state index contributed by atoms with van der Waals surface area (Å²) < 4.78 is 5.37. The third-order valence-electron chi connectivity index (χ3n) is 3.27. The first-order valence-corrected chi connectivity index (χ1v) is 6.07. The summed E-state index contributed by atoms with van der Waals surface area (Å²) in [6.45, 7) is 2.72. The Labute approximate surface area is 107 Å². The van der Waals surface area contributed by atoms with Crippen LogP contribution in [0, 0.1) is 5.92 Å². The number of rotatable bonds is 4. The van der Waals surface area contributed by atoms with Gasteiger partial charge in [-0.25, -0.2) is 0 Å². The molecule has 5 nitrogen and oxygen atoms in total. The zero-order chi connectivity index (χ0) is 13.0. The van der Waals surface area contributed by atoms with Gasteiger partial charge in [0.2, 0.25) is 0 Å². The zero-order valence-electron chi connectivity index (χ0n) is 10.5. The van der Waals surface area contributed by atoms with Gasteiger partial charge in [0, 0.05) is 37.4 Å². The Morgan fingerprint density at radius 2 is 2.22 bits per heavy atom. The number of benzene rings is 1. The first-order chi connectivity index (χ1) is 8.70. The first-order valence-electron chi connectivity index (χ1n) is 6.07. The molecule has 1 aliphatic rings. The summed E-state index contributed by atoms with van der Waals surface area (Å²) in [7, 11) is 2.07. The van der Waals surface area contributed by atoms with Crippen LogP contribution in [0.25, 0.3) is 0 Å². The number of hydrogen-bond acceptors (Lipinski definition) is 4. The summed E-state index contributed by atoms with van der Waals surface area (Å²) in [4.78, 5) is 2.20. The highest BCUT2D eigenvalue weighted by Crippen LogP contribution is 2.19. The molecular weight excluding hydrogens is 230 g/mol. The summed E-state index contributed by atoms with van der Waals surface area (Å²) in [5, 5.41) is 11.6. The largest absolute Gasteiger partial charge is 0.409 e. The second-order valence-corrected chi connectivity index (χ2v) is 4.64. The molecule has 1 fully saturated rings. The van der Waals surface area contributed by atoms with Gasteiger partial charge in [-0.15, -0.1) is 0 Å². The Balaban J connectivity index is 1.99. The normalized spacial score (nSPS) is 20.1. The average Bonchev–Trinajstić information content (AvgIpc) is 2.91. The van der Waals surface area contributed by atoms with E-state index in [2.05, 4.69) is 17.1 Å². The topological polar surface area (TPSA) is 71.1 Å². The Bertz CT molecular complexity index is 411. The molecule has 0 bridgehead atoms. The highest BCUT2D eigenvalue weighted by molar-refractivity contribution is 5.97. The highest BCUT2D eigenvalue weighted by atomic mass is 16.5. The number of hydrogen-bond donors (Lipinski definition) is 2. The minimum absolute atomic E-state index is 0.133. The Kier molecular flexibility index (Phi) is 4.04. The van der Waals surface area contributed by atoms with E-state index in [0.717, 1.165) is 37.4 Å². The molecule has 0 aromatic heterocycles. The van der Waals surface area contributed by atoms with Gasteiger partial charge in [-0.1, -0.05) is 5.16 Å². The van der Waals surface area contributed by atoms with Crippen LogP contribution in [0.2, 0.25) is 0 Å². The molecule has 1 aromatic carbocycles. The van der Waals surface area contributed by atoms with Crippen LogP contribution in [0.3, 0.4) is 0 Å². The molecule has 0 radical (unpaired) electrons. The van der Waals surface area contributed by atoms with E-state index < -0.39 is 0 Å². The van der Waals surface area contributed by atoms with Gasteiger partial charge in [-0.05, 0) is 30.7 Å². The number of nitrogens with two attached hydrogens (primary N) is 1. The molecule has 1 unspecified atom stereocenters. The maximum Gasteiger partial charge on any atom is 0.170 e. The van der Waals surface area contributed by atoms with Crippen molar-refractivity contribution in [3.05, 3.63) is 29.8 Å². The first kappa shape index (κ1) is 12.7. The SMILES string of the molecule is CN(CC1CCOC1)c1ccc(C(N)=NO)cc1. The fraction of sp³-hybridized carbons (Fsp3) is 0.462. The van der Waals surface area contributed by atoms with E-state index in [0.29, 0.717) is 5.92 Å². The van der Waals surface area contributed by atoms with Crippen LogP contribution in [0.1, 0.15) is 12.0 Å². The van der Waals surface area contributed by atoms with Crippen LogP contribution < -0.4 is 10.6 Å². The minimum Gasteiger partial charge on any atom is -0.409 e. The molecule has 1 atom stereocenters. The fourth-order valence-corrected chi connectivity index (χ4v) is 2.16. The van der Waals surface area contributed by atoms with Crippen LogP contribution in [0.15, 0.2) is 29.4 Å². The number of nitrogens with zero attached hydrogens (tertiary/aromatic N) is 2. The van der Waals surface area contributed by atoms with Crippen molar-refractivity contribution >= 4 is 11.5 Å². The molecule has 0 amide bonds. The average molecular weight is 249 g/mol. The number of anilines is 1. The fourth-order valence-electron chi connectivity index (χ4n) is 2.16. The van der Waals surface area contributed by atoms with Crippen LogP contribution in [0.5, 0.6) is 0 Å². The minimum atomic E-state index is 0.133. The van der Waals surface area contributed by atoms with Crippen LogP contribution in [-0.2, 0) is 4.74 Å². The molecule has 0 spiro atoms. The molecule has 98 valence electrons. The maximum absolute atomic E-state index is 8.60. The van der Waals surface area contributed by atoms with Crippen molar-refractivity contribution in [1.29, 1.82) is 0 Å². The molecule has 0 saturated carbocycles. The van der Waals surface area contributed by atoms with Gasteiger partial charge in [-0.2, -0.15) is 0 Å². The van der Waals surface area contributed by atoms with Crippen molar-refractivity contribution in [2.75, 3.05) is 31.7 Å². The monoisotopic (exact) mass is 249 g/mol. The maximum atomic E-state index is 8.60. The quantitative estimate of drug-likeness (QED) is 0.365. The van der Waals surface area contributed by atoms with Crippen molar-refractivity contribution in [2.45, 2.75) is 6.42 Å². The van der Waals surface area contributed by atoms with Gasteiger partial charge in [0.25, 0.3) is 0 Å². The van der Waals surface area contributed by atoms with Crippen LogP contribution in [-0.4, -0.2) is 37.8 Å². The van der Waals surface area contributed by atoms with Gasteiger partial charge < -0.3 is 20.6 Å². The smallest absolute Gasteiger partial charge is 0.170 e. The van der Waals surface area contributed by atoms with Crippen LogP contribution >= 0.6 is 0 Å². The lowest BCUT2D eigenvalue weighted by Gasteiger charge is -2.22. The van der Waals surface area contributed by atoms with E-state index in [9.17, 15) is 0 Å². The summed E-state index contributed by atoms with van der Waals surface area (Å²) in [6.07, 6.45) is 1.13. The van der Waals surface area contributed by atoms with E-state index in [1.54, 1.807) is 0 Å². The third-order valence-corrected chi connectivity index (χ3v) is 3.27. The van der Waals surface area contributed by atoms with E-state index in [4.69, 9.17) is 15.7 Å². The van der Waals surface area contributed by atoms with Gasteiger partial charge in [0.1, 0.15) is 0 Å². The zero-order valence-corrected chi connectivity index (χ0v) is 10.5. The van der Waals surface area contributed by atoms with Crippen molar-refractivity contribution in [3.63, 3.8) is 0 Å². The summed E-state index contributed by atoms with van der Waals surface area (Å²) in [5.74, 6) is 0.743. The summed E-state index contributed by atoms with van der Waals surface area (Å²) >= 11 is 0. The highest BCUT2D eigenvalue weighted by Gasteiger charge is 2.17. The number of amidine groups is 1. The lowest BCUT2D eigenvalue weighted by Crippen LogP contribution is -2.25. The predicted octanol–water partition coefficient (Wildman–Crippen LogP) is 1.25. The Hall–Kier alpha value is -1.75. The van der Waals surface area contributed by atoms with Crippen molar-refractivity contribution < 1.29 is 9.94 Å². The third kappa shape index (κ3) is 2.92. The molecule has 2 rings (SSSR count). The summed E-state index contributed by atoms with van der Waals surface area (Å²) in [5.41, 5.74) is 7.37. The lowest BCUT2D eigenvalue weighted by molar-refractivity contribution is 0.186. The lowest BCUT2D eigenvalue weighted by atomic mass is 10.1. The van der Waals surface area contributed by atoms with E-state index in [1.807, 2.05) is 24.3 Å². The van der Waals surface area contributed by atoms with E-state index in [-0.39, 0.29) is 5.84 Å². The van der Waals surface area contributed by atoms with Gasteiger partial charge in [0.15, 0.2) is 5.84 Å². The predicted molar refractivity (Wildman–Crippen MR) is 71.1 cm³/mol. The van der Waals surface area contributed by atoms with Gasteiger partial charge in [0.05, 0.1) is 6.61 Å². The van der Waals surface area contributed by atoms with E-state index >= 15 is 0 Å². The summed E-state index contributed by atoms with van der Waals surface area (Å²) in [6, 6.07) is 7.66. The number of ether oxygens (including phenoxy) is 1.